The predicted octanol–water partition coefficient (Wildman–Crippen LogP) is 4.83. The fraction of sp³-hybridized carbons (Fsp3) is 0.448. The zero-order chi connectivity index (χ0) is 29.6. The Morgan fingerprint density at radius 1 is 1.24 bits per heavy atom. The number of hydrogen-bond donors (Lipinski definition) is 2. The number of hydrogen-bond acceptors (Lipinski definition) is 7. The van der Waals surface area contributed by atoms with Gasteiger partial charge >= 0.3 is 0 Å². The number of aromatic nitrogens is 4. The Balaban J connectivity index is 1.15. The van der Waals surface area contributed by atoms with E-state index in [-0.39, 0.29) is 44.2 Å². The van der Waals surface area contributed by atoms with Crippen molar-refractivity contribution in [3.63, 3.8) is 0 Å². The number of alkyl halides is 2. The molecule has 2 atom stereocenters. The Bertz CT molecular complexity index is 1620. The van der Waals surface area contributed by atoms with Crippen LogP contribution >= 0.6 is 11.3 Å². The number of thiophene rings is 1. The van der Waals surface area contributed by atoms with E-state index in [1.165, 1.54) is 16.2 Å². The Morgan fingerprint density at radius 2 is 2.02 bits per heavy atom. The molecule has 1 aliphatic heterocycles. The van der Waals surface area contributed by atoms with Crippen LogP contribution in [0.5, 0.6) is 0 Å². The molecule has 1 aliphatic carbocycles. The van der Waals surface area contributed by atoms with Gasteiger partial charge in [-0.2, -0.15) is 4.39 Å². The molecular weight excluding hydrogens is 572 g/mol. The van der Waals surface area contributed by atoms with E-state index in [9.17, 15) is 23.1 Å². The molecule has 0 spiro atoms. The monoisotopic (exact) mass is 602 g/mol. The van der Waals surface area contributed by atoms with Gasteiger partial charge in [-0.15, -0.1) is 16.4 Å². The summed E-state index contributed by atoms with van der Waals surface area (Å²) in [5.41, 5.74) is 1.64. The summed E-state index contributed by atoms with van der Waals surface area (Å²) in [5.74, 6) is -1.24. The Morgan fingerprint density at radius 3 is 2.71 bits per heavy atom. The second kappa shape index (κ2) is 11.3. The minimum Gasteiger partial charge on any atom is -0.389 e. The van der Waals surface area contributed by atoms with Gasteiger partial charge in [0.25, 0.3) is 6.43 Å². The summed E-state index contributed by atoms with van der Waals surface area (Å²) in [4.78, 5) is 24.1. The normalized spacial score (nSPS) is 19.0. The summed E-state index contributed by atoms with van der Waals surface area (Å²) in [5, 5.41) is 20.6. The molecule has 1 amide bonds. The summed E-state index contributed by atoms with van der Waals surface area (Å²) in [6, 6.07) is 3.30. The highest BCUT2D eigenvalue weighted by molar-refractivity contribution is 7.15. The molecule has 4 aromatic rings. The number of aliphatic hydroxyl groups is 1. The number of amides is 1. The Labute approximate surface area is 243 Å². The minimum absolute atomic E-state index is 0.128. The molecule has 1 aromatic carbocycles. The standard InChI is InChI=1S/C29H30F4N6O2S/c1-34-20-5-4-18-17(20)2-3-19(25(18)31)27-26-16(15-42-27)14-35-23(36-26)13-29(41)7-10-38(11-8-29)24(40)12-21(28(32)33)39-9-6-22(30)37-39/h2-3,6,9,14-15,20-21,28,34,41H,4-5,7-8,10-13H2,1H3. The van der Waals surface area contributed by atoms with Crippen LogP contribution in [0.1, 0.15) is 54.7 Å². The van der Waals surface area contributed by atoms with Gasteiger partial charge in [0.1, 0.15) is 17.7 Å². The summed E-state index contributed by atoms with van der Waals surface area (Å²) < 4.78 is 56.8. The van der Waals surface area contributed by atoms with E-state index in [2.05, 4.69) is 15.4 Å². The van der Waals surface area contributed by atoms with E-state index in [1.54, 1.807) is 12.3 Å². The molecular formula is C29H30F4N6O2S. The average Bonchev–Trinajstić information content (AvgIpc) is 3.70. The van der Waals surface area contributed by atoms with Crippen LogP contribution in [0.3, 0.4) is 0 Å². The summed E-state index contributed by atoms with van der Waals surface area (Å²) in [7, 11) is 1.88. The van der Waals surface area contributed by atoms with Crippen molar-refractivity contribution < 1.29 is 27.5 Å². The first kappa shape index (κ1) is 28.7. The molecule has 8 nitrogen and oxygen atoms in total. The van der Waals surface area contributed by atoms with E-state index >= 15 is 4.39 Å². The molecule has 4 heterocycles. The lowest BCUT2D eigenvalue weighted by Gasteiger charge is -2.38. The zero-order valence-electron chi connectivity index (χ0n) is 22.9. The second-order valence-corrected chi connectivity index (χ2v) is 11.9. The zero-order valence-corrected chi connectivity index (χ0v) is 23.7. The molecule has 1 fully saturated rings. The minimum atomic E-state index is -2.90. The van der Waals surface area contributed by atoms with Gasteiger partial charge in [-0.05, 0) is 43.9 Å². The molecule has 0 saturated carbocycles. The summed E-state index contributed by atoms with van der Waals surface area (Å²) >= 11 is 1.40. The van der Waals surface area contributed by atoms with Crippen LogP contribution in [0, 0.1) is 11.8 Å². The summed E-state index contributed by atoms with van der Waals surface area (Å²) in [6.45, 7) is 0.331. The SMILES string of the molecule is CNC1CCc2c1ccc(-c1scc3cnc(CC4(O)CCN(C(=O)CC(C(F)F)n5ccc(F)n5)CC4)nc13)c2F. The molecule has 0 bridgehead atoms. The van der Waals surface area contributed by atoms with Gasteiger partial charge < -0.3 is 15.3 Å². The number of carbonyl (C=O) groups excluding carboxylic acids is 1. The van der Waals surface area contributed by atoms with Crippen LogP contribution in [0.4, 0.5) is 17.6 Å². The maximum absolute atomic E-state index is 15.6. The number of likely N-dealkylation sites (tertiary alicyclic amines) is 1. The van der Waals surface area contributed by atoms with E-state index < -0.39 is 36.3 Å². The van der Waals surface area contributed by atoms with Crippen molar-refractivity contribution in [1.29, 1.82) is 0 Å². The topological polar surface area (TPSA) is 96.2 Å². The smallest absolute Gasteiger partial charge is 0.261 e. The number of nitrogens with zero attached hydrogens (tertiary/aromatic N) is 5. The molecule has 42 heavy (non-hydrogen) atoms. The van der Waals surface area contributed by atoms with E-state index in [0.717, 1.165) is 39.9 Å². The molecule has 2 unspecified atom stereocenters. The molecule has 3 aromatic heterocycles. The lowest BCUT2D eigenvalue weighted by Crippen LogP contribution is -2.48. The number of rotatable bonds is 8. The lowest BCUT2D eigenvalue weighted by atomic mass is 9.87. The highest BCUT2D eigenvalue weighted by Crippen LogP contribution is 2.41. The predicted molar refractivity (Wildman–Crippen MR) is 149 cm³/mol. The van der Waals surface area contributed by atoms with Gasteiger partial charge in [-0.25, -0.2) is 23.1 Å². The van der Waals surface area contributed by atoms with Gasteiger partial charge in [0, 0.05) is 60.3 Å². The van der Waals surface area contributed by atoms with Crippen molar-refractivity contribution in [1.82, 2.24) is 30.0 Å². The van der Waals surface area contributed by atoms with Crippen LogP contribution < -0.4 is 5.32 Å². The largest absolute Gasteiger partial charge is 0.389 e. The third kappa shape index (κ3) is 5.40. The molecule has 1 saturated heterocycles. The molecule has 222 valence electrons. The van der Waals surface area contributed by atoms with Crippen molar-refractivity contribution in [2.24, 2.45) is 0 Å². The number of nitrogens with one attached hydrogen (secondary N) is 1. The van der Waals surface area contributed by atoms with Crippen LogP contribution in [0.2, 0.25) is 0 Å². The average molecular weight is 603 g/mol. The first-order valence-electron chi connectivity index (χ1n) is 13.9. The van der Waals surface area contributed by atoms with Crippen LogP contribution in [0.25, 0.3) is 21.3 Å². The fourth-order valence-corrected chi connectivity index (χ4v) is 7.01. The molecule has 2 aliphatic rings. The molecule has 2 N–H and O–H groups in total. The van der Waals surface area contributed by atoms with Crippen molar-refractivity contribution in [3.05, 3.63) is 64.7 Å². The van der Waals surface area contributed by atoms with Crippen molar-refractivity contribution in [2.75, 3.05) is 20.1 Å². The number of benzene rings is 1. The lowest BCUT2D eigenvalue weighted by molar-refractivity contribution is -0.137. The summed E-state index contributed by atoms with van der Waals surface area (Å²) in [6.07, 6.45) is 1.38. The maximum Gasteiger partial charge on any atom is 0.261 e. The number of halogens is 4. The van der Waals surface area contributed by atoms with Gasteiger partial charge in [0.2, 0.25) is 11.9 Å². The molecule has 6 rings (SSSR count). The second-order valence-electron chi connectivity index (χ2n) is 11.0. The highest BCUT2D eigenvalue weighted by Gasteiger charge is 2.37. The van der Waals surface area contributed by atoms with Crippen LogP contribution in [0.15, 0.2) is 36.0 Å². The first-order valence-corrected chi connectivity index (χ1v) is 14.7. The molecule has 0 radical (unpaired) electrons. The maximum atomic E-state index is 15.6. The quantitative estimate of drug-likeness (QED) is 0.281. The molecule has 13 heteroatoms. The number of carbonyl (C=O) groups is 1. The third-order valence-electron chi connectivity index (χ3n) is 8.44. The third-order valence-corrected chi connectivity index (χ3v) is 9.46. The van der Waals surface area contributed by atoms with Crippen molar-refractivity contribution >= 4 is 28.1 Å². The van der Waals surface area contributed by atoms with E-state index in [0.29, 0.717) is 28.2 Å². The van der Waals surface area contributed by atoms with Gasteiger partial charge in [-0.1, -0.05) is 12.1 Å². The van der Waals surface area contributed by atoms with Crippen molar-refractivity contribution in [2.45, 2.75) is 62.6 Å². The Hall–Kier alpha value is -3.42. The first-order chi connectivity index (χ1) is 20.2. The van der Waals surface area contributed by atoms with Gasteiger partial charge in [0.05, 0.1) is 22.4 Å². The van der Waals surface area contributed by atoms with Gasteiger partial charge in [-0.3, -0.25) is 9.48 Å². The van der Waals surface area contributed by atoms with Crippen LogP contribution in [-0.4, -0.2) is 67.8 Å². The fourth-order valence-electron chi connectivity index (χ4n) is 6.04. The van der Waals surface area contributed by atoms with E-state index in [1.807, 2.05) is 18.5 Å². The number of fused-ring (bicyclic) bond motifs is 2. The Kier molecular flexibility index (Phi) is 7.75. The van der Waals surface area contributed by atoms with Crippen LogP contribution in [-0.2, 0) is 17.6 Å². The van der Waals surface area contributed by atoms with Crippen molar-refractivity contribution in [3.8, 4) is 10.4 Å². The van der Waals surface area contributed by atoms with Gasteiger partial charge in [0.15, 0.2) is 0 Å². The van der Waals surface area contributed by atoms with E-state index in [4.69, 9.17) is 4.98 Å². The number of piperidine rings is 1. The highest BCUT2D eigenvalue weighted by atomic mass is 32.1.